The first-order valence-corrected chi connectivity index (χ1v) is 8.40. The van der Waals surface area contributed by atoms with E-state index in [-0.39, 0.29) is 17.4 Å². The summed E-state index contributed by atoms with van der Waals surface area (Å²) in [4.78, 5) is 12.7. The van der Waals surface area contributed by atoms with Crippen LogP contribution in [0, 0.1) is 11.3 Å². The molecule has 0 aliphatic heterocycles. The Morgan fingerprint density at radius 1 is 1.08 bits per heavy atom. The summed E-state index contributed by atoms with van der Waals surface area (Å²) >= 11 is 0. The van der Waals surface area contributed by atoms with Gasteiger partial charge in [-0.3, -0.25) is 4.79 Å². The molecule has 0 spiro atoms. The van der Waals surface area contributed by atoms with E-state index < -0.39 is 0 Å². The second-order valence-electron chi connectivity index (χ2n) is 7.50. The van der Waals surface area contributed by atoms with E-state index in [2.05, 4.69) is 26.1 Å². The fourth-order valence-electron chi connectivity index (χ4n) is 3.94. The summed E-state index contributed by atoms with van der Waals surface area (Å²) in [6, 6.07) is 3.57. The molecule has 5 heteroatoms. The Morgan fingerprint density at radius 3 is 2.12 bits per heavy atom. The molecule has 5 nitrogen and oxygen atoms in total. The van der Waals surface area contributed by atoms with Crippen molar-refractivity contribution in [1.82, 2.24) is 5.32 Å². The van der Waals surface area contributed by atoms with Gasteiger partial charge in [-0.1, -0.05) is 20.8 Å². The quantitative estimate of drug-likeness (QED) is 0.892. The van der Waals surface area contributed by atoms with Crippen LogP contribution >= 0.6 is 0 Å². The third-order valence-corrected chi connectivity index (χ3v) is 4.65. The zero-order valence-corrected chi connectivity index (χ0v) is 15.6. The summed E-state index contributed by atoms with van der Waals surface area (Å²) in [7, 11) is 4.64. The van der Waals surface area contributed by atoms with Crippen molar-refractivity contribution in [3.8, 4) is 17.2 Å². The lowest BCUT2D eigenvalue weighted by Gasteiger charge is -2.39. The Labute approximate surface area is 144 Å². The topological polar surface area (TPSA) is 56.8 Å². The normalized spacial score (nSPS) is 22.6. The maximum absolute atomic E-state index is 12.7. The number of hydrogen-bond acceptors (Lipinski definition) is 4. The molecule has 1 amide bonds. The first kappa shape index (κ1) is 18.4. The third-order valence-electron chi connectivity index (χ3n) is 4.65. The van der Waals surface area contributed by atoms with Crippen molar-refractivity contribution in [3.05, 3.63) is 17.7 Å². The van der Waals surface area contributed by atoms with Gasteiger partial charge in [0, 0.05) is 11.6 Å². The molecule has 0 radical (unpaired) electrons. The minimum absolute atomic E-state index is 0.107. The fraction of sp³-hybridized carbons (Fsp3) is 0.632. The number of methoxy groups -OCH3 is 3. The predicted octanol–water partition coefficient (Wildman–Crippen LogP) is 3.66. The van der Waals surface area contributed by atoms with Gasteiger partial charge < -0.3 is 19.5 Å². The molecule has 1 fully saturated rings. The SMILES string of the molecule is COc1cc(C(=O)N[C@@H]2C[C@@H](C)CC(C)(C)C2)cc(OC)c1OC. The summed E-state index contributed by atoms with van der Waals surface area (Å²) in [6.07, 6.45) is 3.21. The summed E-state index contributed by atoms with van der Waals surface area (Å²) in [5, 5.41) is 3.17. The molecule has 0 bridgehead atoms. The molecule has 134 valence electrons. The molecular weight excluding hydrogens is 306 g/mol. The van der Waals surface area contributed by atoms with Crippen LogP contribution in [0.4, 0.5) is 0 Å². The third kappa shape index (κ3) is 4.13. The van der Waals surface area contributed by atoms with Crippen molar-refractivity contribution in [3.63, 3.8) is 0 Å². The van der Waals surface area contributed by atoms with Gasteiger partial charge in [0.2, 0.25) is 5.75 Å². The van der Waals surface area contributed by atoms with Crippen molar-refractivity contribution in [1.29, 1.82) is 0 Å². The van der Waals surface area contributed by atoms with Crippen LogP contribution in [0.5, 0.6) is 17.2 Å². The van der Waals surface area contributed by atoms with Gasteiger partial charge in [-0.2, -0.15) is 0 Å². The molecule has 1 N–H and O–H groups in total. The van der Waals surface area contributed by atoms with E-state index in [1.807, 2.05) is 0 Å². The molecule has 2 atom stereocenters. The molecule has 0 aromatic heterocycles. The Hall–Kier alpha value is -1.91. The number of rotatable bonds is 5. The van der Waals surface area contributed by atoms with Crippen molar-refractivity contribution in [2.75, 3.05) is 21.3 Å². The highest BCUT2D eigenvalue weighted by Gasteiger charge is 2.33. The number of ether oxygens (including phenoxy) is 3. The molecule has 1 aliphatic carbocycles. The minimum Gasteiger partial charge on any atom is -0.493 e. The van der Waals surface area contributed by atoms with E-state index in [1.165, 1.54) is 6.42 Å². The maximum atomic E-state index is 12.7. The second kappa shape index (κ2) is 7.32. The molecule has 0 unspecified atom stereocenters. The highest BCUT2D eigenvalue weighted by atomic mass is 16.5. The van der Waals surface area contributed by atoms with Gasteiger partial charge in [-0.15, -0.1) is 0 Å². The van der Waals surface area contributed by atoms with Gasteiger partial charge in [0.05, 0.1) is 21.3 Å². The van der Waals surface area contributed by atoms with E-state index in [0.717, 1.165) is 12.8 Å². The van der Waals surface area contributed by atoms with Crippen molar-refractivity contribution >= 4 is 5.91 Å². The zero-order chi connectivity index (χ0) is 17.9. The van der Waals surface area contributed by atoms with Gasteiger partial charge >= 0.3 is 0 Å². The van der Waals surface area contributed by atoms with Crippen LogP contribution in [0.15, 0.2) is 12.1 Å². The maximum Gasteiger partial charge on any atom is 0.251 e. The van der Waals surface area contributed by atoms with Gasteiger partial charge in [0.25, 0.3) is 5.91 Å². The number of carbonyl (C=O) groups excluding carboxylic acids is 1. The number of amides is 1. The predicted molar refractivity (Wildman–Crippen MR) is 94.1 cm³/mol. The molecule has 1 saturated carbocycles. The van der Waals surface area contributed by atoms with E-state index in [9.17, 15) is 4.79 Å². The second-order valence-corrected chi connectivity index (χ2v) is 7.50. The lowest BCUT2D eigenvalue weighted by atomic mass is 9.70. The van der Waals surface area contributed by atoms with E-state index in [1.54, 1.807) is 33.5 Å². The van der Waals surface area contributed by atoms with E-state index in [0.29, 0.717) is 28.7 Å². The molecule has 0 saturated heterocycles. The number of benzene rings is 1. The Morgan fingerprint density at radius 2 is 1.67 bits per heavy atom. The average Bonchev–Trinajstić information content (AvgIpc) is 2.51. The van der Waals surface area contributed by atoms with Crippen molar-refractivity contribution < 1.29 is 19.0 Å². The van der Waals surface area contributed by atoms with E-state index >= 15 is 0 Å². The molecule has 1 aromatic carbocycles. The Bertz CT molecular complexity index is 572. The van der Waals surface area contributed by atoms with Gasteiger partial charge in [-0.05, 0) is 42.7 Å². The summed E-state index contributed by atoms with van der Waals surface area (Å²) in [5.74, 6) is 1.96. The minimum atomic E-state index is -0.107. The van der Waals surface area contributed by atoms with Crippen molar-refractivity contribution in [2.45, 2.75) is 46.1 Å². The summed E-state index contributed by atoms with van der Waals surface area (Å²) in [5.41, 5.74) is 0.769. The van der Waals surface area contributed by atoms with Crippen LogP contribution in [0.1, 0.15) is 50.4 Å². The molecule has 1 aliphatic rings. The monoisotopic (exact) mass is 335 g/mol. The van der Waals surface area contributed by atoms with Crippen LogP contribution in [-0.4, -0.2) is 33.3 Å². The summed E-state index contributed by atoms with van der Waals surface area (Å²) < 4.78 is 16.0. The smallest absolute Gasteiger partial charge is 0.251 e. The number of nitrogens with one attached hydrogen (secondary N) is 1. The molecule has 0 heterocycles. The van der Waals surface area contributed by atoms with Gasteiger partial charge in [0.1, 0.15) is 0 Å². The van der Waals surface area contributed by atoms with Crippen LogP contribution in [0.3, 0.4) is 0 Å². The van der Waals surface area contributed by atoms with Crippen LogP contribution in [0.2, 0.25) is 0 Å². The first-order chi connectivity index (χ1) is 11.3. The largest absolute Gasteiger partial charge is 0.493 e. The first-order valence-electron chi connectivity index (χ1n) is 8.40. The fourth-order valence-corrected chi connectivity index (χ4v) is 3.94. The van der Waals surface area contributed by atoms with Crippen LogP contribution in [0.25, 0.3) is 0 Å². The van der Waals surface area contributed by atoms with Gasteiger partial charge in [0.15, 0.2) is 11.5 Å². The molecule has 24 heavy (non-hydrogen) atoms. The zero-order valence-electron chi connectivity index (χ0n) is 15.6. The Kier molecular flexibility index (Phi) is 5.62. The average molecular weight is 335 g/mol. The highest BCUT2D eigenvalue weighted by molar-refractivity contribution is 5.95. The molecular formula is C19H29NO4. The standard InChI is InChI=1S/C19H29NO4/c1-12-7-14(11-19(2,3)10-12)20-18(21)13-8-15(22-4)17(24-6)16(9-13)23-5/h8-9,12,14H,7,10-11H2,1-6H3,(H,20,21)/t12-,14-/m1/s1. The molecule has 2 rings (SSSR count). The van der Waals surface area contributed by atoms with Crippen LogP contribution in [-0.2, 0) is 0 Å². The van der Waals surface area contributed by atoms with E-state index in [4.69, 9.17) is 14.2 Å². The lowest BCUT2D eigenvalue weighted by molar-refractivity contribution is 0.0873. The lowest BCUT2D eigenvalue weighted by Crippen LogP contribution is -2.43. The summed E-state index contributed by atoms with van der Waals surface area (Å²) in [6.45, 7) is 6.78. The van der Waals surface area contributed by atoms with Crippen molar-refractivity contribution in [2.24, 2.45) is 11.3 Å². The van der Waals surface area contributed by atoms with Gasteiger partial charge in [-0.25, -0.2) is 0 Å². The number of hydrogen-bond donors (Lipinski definition) is 1. The molecule has 1 aromatic rings. The number of carbonyl (C=O) groups is 1. The Balaban J connectivity index is 2.20. The van der Waals surface area contributed by atoms with Crippen LogP contribution < -0.4 is 19.5 Å². The highest BCUT2D eigenvalue weighted by Crippen LogP contribution is 2.40.